The number of anilines is 2. The number of aromatic hydroxyl groups is 1. The summed E-state index contributed by atoms with van der Waals surface area (Å²) in [6.45, 7) is 2.50. The molecule has 0 aromatic heterocycles. The molecular weight excluding hydrogens is 278 g/mol. The van der Waals surface area contributed by atoms with Crippen molar-refractivity contribution in [2.75, 3.05) is 31.7 Å². The molecule has 2 aromatic rings. The molecule has 0 unspecified atom stereocenters. The molecule has 1 saturated heterocycles. The molecule has 0 bridgehead atoms. The number of benzene rings is 2. The first-order chi connectivity index (χ1) is 10.6. The van der Waals surface area contributed by atoms with E-state index < -0.39 is 0 Å². The van der Waals surface area contributed by atoms with E-state index in [-0.39, 0.29) is 5.75 Å². The maximum absolute atomic E-state index is 9.23. The molecule has 22 heavy (non-hydrogen) atoms. The number of phenols is 1. The summed E-state index contributed by atoms with van der Waals surface area (Å²) in [7, 11) is 1.55. The van der Waals surface area contributed by atoms with Crippen LogP contribution in [-0.4, -0.2) is 25.3 Å². The molecule has 0 atom stereocenters. The van der Waals surface area contributed by atoms with Crippen molar-refractivity contribution in [1.29, 1.82) is 0 Å². The summed E-state index contributed by atoms with van der Waals surface area (Å²) >= 11 is 0. The Morgan fingerprint density at radius 2 is 1.64 bits per heavy atom. The lowest BCUT2D eigenvalue weighted by molar-refractivity contribution is 0.417. The van der Waals surface area contributed by atoms with Gasteiger partial charge in [0, 0.05) is 0 Å². The van der Waals surface area contributed by atoms with Crippen molar-refractivity contribution in [2.24, 2.45) is 0 Å². The maximum Gasteiger partial charge on any atom is 0.144 e. The highest BCUT2D eigenvalue weighted by Gasteiger charge is 2.07. The van der Waals surface area contributed by atoms with Crippen LogP contribution in [0, 0.1) is 0 Å². The highest BCUT2D eigenvalue weighted by molar-refractivity contribution is 5.80. The van der Waals surface area contributed by atoms with Crippen LogP contribution in [0.4, 0.5) is 11.4 Å². The van der Waals surface area contributed by atoms with E-state index >= 15 is 0 Å². The van der Waals surface area contributed by atoms with Gasteiger partial charge in [-0.25, -0.2) is 0 Å². The summed E-state index contributed by atoms with van der Waals surface area (Å²) in [5.74, 6) is 0.775. The monoisotopic (exact) mass is 301 g/mol. The summed E-state index contributed by atoms with van der Waals surface area (Å²) in [6, 6.07) is 10.4. The number of nitrogen functional groups attached to an aromatic ring is 2. The first kappa shape index (κ1) is 16.0. The molecule has 2 aromatic carbocycles. The van der Waals surface area contributed by atoms with Gasteiger partial charge in [0.2, 0.25) is 0 Å². The van der Waals surface area contributed by atoms with Crippen LogP contribution in [0.3, 0.4) is 0 Å². The third kappa shape index (κ3) is 4.05. The number of nitrogens with two attached hydrogens (primary N) is 2. The summed E-state index contributed by atoms with van der Waals surface area (Å²) in [6.07, 6.45) is 2.78. The van der Waals surface area contributed by atoms with Gasteiger partial charge in [0.15, 0.2) is 0 Å². The number of methoxy groups -OCH3 is 1. The molecule has 118 valence electrons. The van der Waals surface area contributed by atoms with E-state index in [0.29, 0.717) is 17.1 Å². The molecule has 5 nitrogen and oxygen atoms in total. The average molecular weight is 301 g/mol. The summed E-state index contributed by atoms with van der Waals surface area (Å²) < 4.78 is 5.16. The summed E-state index contributed by atoms with van der Waals surface area (Å²) in [5, 5.41) is 12.5. The quantitative estimate of drug-likeness (QED) is 0.640. The van der Waals surface area contributed by atoms with Crippen LogP contribution < -0.4 is 21.5 Å². The number of hydrogen-bond donors (Lipinski definition) is 4. The van der Waals surface area contributed by atoms with Crippen molar-refractivity contribution < 1.29 is 9.84 Å². The van der Waals surface area contributed by atoms with Gasteiger partial charge in [-0.15, -0.1) is 0 Å². The van der Waals surface area contributed by atoms with E-state index in [1.807, 2.05) is 6.07 Å². The van der Waals surface area contributed by atoms with Crippen LogP contribution in [0.15, 0.2) is 36.4 Å². The second kappa shape index (κ2) is 7.56. The second-order valence-electron chi connectivity index (χ2n) is 5.19. The van der Waals surface area contributed by atoms with Crippen molar-refractivity contribution in [3.05, 3.63) is 36.4 Å². The fourth-order valence-corrected chi connectivity index (χ4v) is 2.26. The van der Waals surface area contributed by atoms with Crippen molar-refractivity contribution >= 4 is 11.4 Å². The van der Waals surface area contributed by atoms with Crippen LogP contribution in [0.25, 0.3) is 11.1 Å². The van der Waals surface area contributed by atoms with Gasteiger partial charge < -0.3 is 26.6 Å². The number of ether oxygens (including phenoxy) is 1. The Hall–Kier alpha value is -2.40. The molecule has 5 heteroatoms. The van der Waals surface area contributed by atoms with Crippen LogP contribution in [0.5, 0.6) is 11.5 Å². The smallest absolute Gasteiger partial charge is 0.144 e. The minimum Gasteiger partial charge on any atom is -0.508 e. The number of phenolic OH excluding ortho intramolecular Hbond substituents is 1. The molecule has 1 aliphatic heterocycles. The number of nitrogens with one attached hydrogen (secondary N) is 1. The lowest BCUT2D eigenvalue weighted by Gasteiger charge is -2.10. The van der Waals surface area contributed by atoms with Gasteiger partial charge in [-0.3, -0.25) is 0 Å². The van der Waals surface area contributed by atoms with Crippen LogP contribution in [-0.2, 0) is 0 Å². The first-order valence-corrected chi connectivity index (χ1v) is 7.35. The Bertz CT molecular complexity index is 600. The van der Waals surface area contributed by atoms with E-state index in [9.17, 15) is 5.11 Å². The zero-order valence-electron chi connectivity index (χ0n) is 12.8. The number of hydrogen-bond acceptors (Lipinski definition) is 5. The standard InChI is InChI=1S/C13H14N2O2.C4H9N/c1-17-12-7-9(6-11(14)13(12)15)8-2-4-10(16)5-3-8;1-2-4-5-3-1/h2-7,16H,14-15H2,1H3;5H,1-4H2. The third-order valence-corrected chi connectivity index (χ3v) is 3.55. The van der Waals surface area contributed by atoms with Crippen molar-refractivity contribution in [2.45, 2.75) is 12.8 Å². The molecule has 3 rings (SSSR count). The molecule has 1 fully saturated rings. The fraction of sp³-hybridized carbons (Fsp3) is 0.294. The van der Waals surface area contributed by atoms with E-state index in [1.54, 1.807) is 37.4 Å². The van der Waals surface area contributed by atoms with Gasteiger partial charge in [0.05, 0.1) is 18.5 Å². The minimum atomic E-state index is 0.226. The van der Waals surface area contributed by atoms with Crippen molar-refractivity contribution in [3.8, 4) is 22.6 Å². The summed E-state index contributed by atoms with van der Waals surface area (Å²) in [5.41, 5.74) is 14.3. The molecule has 0 amide bonds. The highest BCUT2D eigenvalue weighted by Crippen LogP contribution is 2.34. The molecular formula is C17H23N3O2. The third-order valence-electron chi connectivity index (χ3n) is 3.55. The van der Waals surface area contributed by atoms with Crippen molar-refractivity contribution in [3.63, 3.8) is 0 Å². The van der Waals surface area contributed by atoms with E-state index in [0.717, 1.165) is 11.1 Å². The molecule has 1 heterocycles. The van der Waals surface area contributed by atoms with Crippen LogP contribution >= 0.6 is 0 Å². The Kier molecular flexibility index (Phi) is 5.49. The van der Waals surface area contributed by atoms with Gasteiger partial charge in [-0.05, 0) is 61.3 Å². The second-order valence-corrected chi connectivity index (χ2v) is 5.19. The molecule has 0 aliphatic carbocycles. The Labute approximate surface area is 130 Å². The molecule has 1 aliphatic rings. The zero-order chi connectivity index (χ0) is 15.9. The topological polar surface area (TPSA) is 93.5 Å². The molecule has 0 spiro atoms. The lowest BCUT2D eigenvalue weighted by atomic mass is 10.0. The Morgan fingerprint density at radius 3 is 2.14 bits per heavy atom. The number of rotatable bonds is 2. The average Bonchev–Trinajstić information content (AvgIpc) is 3.10. The van der Waals surface area contributed by atoms with E-state index in [2.05, 4.69) is 5.32 Å². The minimum absolute atomic E-state index is 0.226. The van der Waals surface area contributed by atoms with E-state index in [1.165, 1.54) is 25.9 Å². The normalized spacial score (nSPS) is 13.3. The molecule has 0 saturated carbocycles. The van der Waals surface area contributed by atoms with Gasteiger partial charge in [-0.1, -0.05) is 12.1 Å². The summed E-state index contributed by atoms with van der Waals surface area (Å²) in [4.78, 5) is 0. The predicted molar refractivity (Wildman–Crippen MR) is 91.0 cm³/mol. The fourth-order valence-electron chi connectivity index (χ4n) is 2.26. The van der Waals surface area contributed by atoms with Gasteiger partial charge in [0.25, 0.3) is 0 Å². The van der Waals surface area contributed by atoms with Crippen molar-refractivity contribution in [1.82, 2.24) is 5.32 Å². The molecule has 0 radical (unpaired) electrons. The van der Waals surface area contributed by atoms with Gasteiger partial charge in [0.1, 0.15) is 11.5 Å². The van der Waals surface area contributed by atoms with Gasteiger partial charge in [-0.2, -0.15) is 0 Å². The van der Waals surface area contributed by atoms with Gasteiger partial charge >= 0.3 is 0 Å². The van der Waals surface area contributed by atoms with Crippen LogP contribution in [0.2, 0.25) is 0 Å². The SMILES string of the molecule is C1CCNC1.COc1cc(-c2ccc(O)cc2)cc(N)c1N. The molecule has 6 N–H and O–H groups in total. The Morgan fingerprint density at radius 1 is 1.00 bits per heavy atom. The zero-order valence-corrected chi connectivity index (χ0v) is 12.8. The first-order valence-electron chi connectivity index (χ1n) is 7.35. The lowest BCUT2D eigenvalue weighted by Crippen LogP contribution is -2.03. The predicted octanol–water partition coefficient (Wildman–Crippen LogP) is 2.60. The Balaban J connectivity index is 0.000000299. The largest absolute Gasteiger partial charge is 0.508 e. The maximum atomic E-state index is 9.23. The van der Waals surface area contributed by atoms with E-state index in [4.69, 9.17) is 16.2 Å². The highest BCUT2D eigenvalue weighted by atomic mass is 16.5. The van der Waals surface area contributed by atoms with Crippen LogP contribution in [0.1, 0.15) is 12.8 Å².